The van der Waals surface area contributed by atoms with Gasteiger partial charge in [-0.15, -0.1) is 0 Å². The molecule has 2 aromatic heterocycles. The van der Waals surface area contributed by atoms with Crippen LogP contribution in [0.1, 0.15) is 0 Å². The van der Waals surface area contributed by atoms with Crippen molar-refractivity contribution in [3.63, 3.8) is 0 Å². The smallest absolute Gasteiger partial charge is 0.456 e. The Kier molecular flexibility index (Phi) is 8.13. The van der Waals surface area contributed by atoms with Gasteiger partial charge in [0.2, 0.25) is 0 Å². The molecule has 0 atom stereocenters. The van der Waals surface area contributed by atoms with E-state index in [0.717, 1.165) is 26.8 Å². The maximum absolute atomic E-state index is 8.55. The third kappa shape index (κ3) is 5.98. The first-order valence-corrected chi connectivity index (χ1v) is 14.2. The third-order valence-corrected chi connectivity index (χ3v) is 7.33. The largest absolute Gasteiger partial charge is 0.526 e. The van der Waals surface area contributed by atoms with Gasteiger partial charge in [0.15, 0.2) is 0 Å². The molecule has 2 N–H and O–H groups in total. The van der Waals surface area contributed by atoms with Crippen molar-refractivity contribution in [2.24, 2.45) is 0 Å². The second-order valence-electron chi connectivity index (χ2n) is 9.61. The van der Waals surface area contributed by atoms with Crippen LogP contribution in [0.25, 0.3) is 55.0 Å². The second kappa shape index (κ2) is 12.4. The van der Waals surface area contributed by atoms with E-state index in [1.807, 2.05) is 54.6 Å². The molecular formula is C36H25BBrO4+. The number of benzene rings is 5. The highest BCUT2D eigenvalue weighted by Crippen LogP contribution is 2.32. The minimum Gasteiger partial charge on any atom is -0.456 e. The SMILES string of the molecule is Brc1ccc2c(c1)oc1ccccc12.OB(O)C1=CC=CC=[C+]1.c1ccc(-c2ccc3c(c2)oc2ccccc23)cc1. The molecule has 202 valence electrons. The summed E-state index contributed by atoms with van der Waals surface area (Å²) in [6.45, 7) is 0. The van der Waals surface area contributed by atoms with Gasteiger partial charge < -0.3 is 18.9 Å². The fourth-order valence-electron chi connectivity index (χ4n) is 4.80. The molecule has 0 unspecified atom stereocenters. The van der Waals surface area contributed by atoms with Crippen molar-refractivity contribution in [2.75, 3.05) is 0 Å². The predicted molar refractivity (Wildman–Crippen MR) is 176 cm³/mol. The topological polar surface area (TPSA) is 66.7 Å². The highest BCUT2D eigenvalue weighted by molar-refractivity contribution is 9.10. The summed E-state index contributed by atoms with van der Waals surface area (Å²) in [6.07, 6.45) is 9.40. The number of halogens is 1. The van der Waals surface area contributed by atoms with Crippen molar-refractivity contribution in [2.45, 2.75) is 0 Å². The van der Waals surface area contributed by atoms with Crippen LogP contribution < -0.4 is 0 Å². The van der Waals surface area contributed by atoms with Crippen LogP contribution in [0, 0.1) is 6.08 Å². The molecule has 4 nitrogen and oxygen atoms in total. The Morgan fingerprint density at radius 2 is 1.12 bits per heavy atom. The van der Waals surface area contributed by atoms with Gasteiger partial charge in [0.1, 0.15) is 33.9 Å². The Balaban J connectivity index is 0.000000121. The standard InChI is InChI=1S/C18H12O.C12H7BrO.C6H6BO2/c1-2-6-13(7-3-1)14-10-11-16-15-8-4-5-9-17(15)19-18(16)12-14;13-8-5-6-10-9-3-1-2-4-11(9)14-12(10)7-8;8-7(9)6-4-2-1-3-5-6/h1-12H;1-7H;1-4,8-9H/q;;+1. The van der Waals surface area contributed by atoms with E-state index in [1.54, 1.807) is 24.3 Å². The number of hydrogen-bond donors (Lipinski definition) is 2. The molecule has 42 heavy (non-hydrogen) atoms. The van der Waals surface area contributed by atoms with Gasteiger partial charge in [-0.25, -0.2) is 0 Å². The number of hydrogen-bond acceptors (Lipinski definition) is 4. The summed E-state index contributed by atoms with van der Waals surface area (Å²) in [7, 11) is -1.40. The number of furan rings is 2. The van der Waals surface area contributed by atoms with Crippen molar-refractivity contribution in [1.82, 2.24) is 0 Å². The molecule has 0 saturated heterocycles. The molecule has 0 fully saturated rings. The molecule has 7 aromatic rings. The quantitative estimate of drug-likeness (QED) is 0.151. The van der Waals surface area contributed by atoms with Crippen molar-refractivity contribution in [3.05, 3.63) is 156 Å². The molecule has 0 aliphatic heterocycles. The van der Waals surface area contributed by atoms with Crippen LogP contribution in [0.4, 0.5) is 0 Å². The van der Waals surface area contributed by atoms with E-state index in [-0.39, 0.29) is 0 Å². The number of para-hydroxylation sites is 2. The molecule has 2 heterocycles. The summed E-state index contributed by atoms with van der Waals surface area (Å²) in [5.74, 6) is 0. The fraction of sp³-hybridized carbons (Fsp3) is 0. The summed E-state index contributed by atoms with van der Waals surface area (Å²) in [5.41, 5.74) is 6.57. The van der Waals surface area contributed by atoms with E-state index in [9.17, 15) is 0 Å². The van der Waals surface area contributed by atoms with Gasteiger partial charge in [0.25, 0.3) is 0 Å². The molecule has 5 aromatic carbocycles. The van der Waals surface area contributed by atoms with E-state index < -0.39 is 7.12 Å². The highest BCUT2D eigenvalue weighted by atomic mass is 79.9. The minimum absolute atomic E-state index is 0.400. The van der Waals surface area contributed by atoms with Crippen LogP contribution in [0.15, 0.2) is 158 Å². The van der Waals surface area contributed by atoms with Crippen molar-refractivity contribution < 1.29 is 18.9 Å². The van der Waals surface area contributed by atoms with Crippen LogP contribution in [-0.2, 0) is 0 Å². The van der Waals surface area contributed by atoms with Gasteiger partial charge in [0, 0.05) is 50.3 Å². The van der Waals surface area contributed by atoms with Gasteiger partial charge in [0.05, 0.1) is 0 Å². The van der Waals surface area contributed by atoms with E-state index in [2.05, 4.69) is 82.7 Å². The minimum atomic E-state index is -1.40. The number of allylic oxidation sites excluding steroid dienone is 6. The Morgan fingerprint density at radius 3 is 1.71 bits per heavy atom. The zero-order chi connectivity index (χ0) is 28.9. The van der Waals surface area contributed by atoms with Crippen LogP contribution in [0.2, 0.25) is 0 Å². The Bertz CT molecular complexity index is 2080. The summed E-state index contributed by atoms with van der Waals surface area (Å²) in [4.78, 5) is 0. The fourth-order valence-corrected chi connectivity index (χ4v) is 5.14. The average molecular weight is 612 g/mol. The Hall–Kier alpha value is -4.71. The second-order valence-corrected chi connectivity index (χ2v) is 10.5. The summed E-state index contributed by atoms with van der Waals surface area (Å²) in [5, 5.41) is 21.8. The van der Waals surface area contributed by atoms with Crippen molar-refractivity contribution in [3.8, 4) is 11.1 Å². The molecular weight excluding hydrogens is 587 g/mol. The van der Waals surface area contributed by atoms with Gasteiger partial charge in [-0.05, 0) is 53.6 Å². The Morgan fingerprint density at radius 1 is 0.548 bits per heavy atom. The maximum atomic E-state index is 8.55. The Labute approximate surface area is 251 Å². The zero-order valence-corrected chi connectivity index (χ0v) is 24.0. The van der Waals surface area contributed by atoms with E-state index in [1.165, 1.54) is 32.7 Å². The number of fused-ring (bicyclic) bond motifs is 6. The first-order chi connectivity index (χ1) is 20.6. The molecule has 0 amide bonds. The van der Waals surface area contributed by atoms with Crippen molar-refractivity contribution >= 4 is 66.9 Å². The predicted octanol–water partition coefficient (Wildman–Crippen LogP) is 9.46. The van der Waals surface area contributed by atoms with E-state index in [0.29, 0.717) is 5.47 Å². The average Bonchev–Trinajstić information content (AvgIpc) is 3.60. The highest BCUT2D eigenvalue weighted by Gasteiger charge is 2.19. The van der Waals surface area contributed by atoms with Crippen LogP contribution in [-0.4, -0.2) is 17.2 Å². The van der Waals surface area contributed by atoms with Gasteiger partial charge in [-0.3, -0.25) is 0 Å². The summed E-state index contributed by atoms with van der Waals surface area (Å²) < 4.78 is 12.7. The molecule has 0 saturated carbocycles. The lowest BCUT2D eigenvalue weighted by Gasteiger charge is -2.00. The van der Waals surface area contributed by atoms with Gasteiger partial charge in [-0.1, -0.05) is 88.7 Å². The lowest BCUT2D eigenvalue weighted by molar-refractivity contribution is 0.420. The van der Waals surface area contributed by atoms with Crippen LogP contribution in [0.3, 0.4) is 0 Å². The molecule has 0 radical (unpaired) electrons. The summed E-state index contributed by atoms with van der Waals surface area (Å²) >= 11 is 3.43. The maximum Gasteiger partial charge on any atom is 0.526 e. The molecule has 8 rings (SSSR count). The van der Waals surface area contributed by atoms with E-state index in [4.69, 9.17) is 18.9 Å². The summed E-state index contributed by atoms with van der Waals surface area (Å²) in [6, 6.07) is 39.1. The first-order valence-electron chi connectivity index (χ1n) is 13.4. The molecule has 0 spiro atoms. The third-order valence-electron chi connectivity index (χ3n) is 6.84. The van der Waals surface area contributed by atoms with Gasteiger partial charge >= 0.3 is 7.12 Å². The van der Waals surface area contributed by atoms with Crippen LogP contribution >= 0.6 is 15.9 Å². The van der Waals surface area contributed by atoms with E-state index >= 15 is 0 Å². The lowest BCUT2D eigenvalue weighted by Crippen LogP contribution is -2.14. The lowest BCUT2D eigenvalue weighted by atomic mass is 9.78. The number of rotatable bonds is 2. The monoisotopic (exact) mass is 611 g/mol. The van der Waals surface area contributed by atoms with Crippen LogP contribution in [0.5, 0.6) is 0 Å². The molecule has 6 heteroatoms. The normalized spacial score (nSPS) is 11.9. The van der Waals surface area contributed by atoms with Gasteiger partial charge in [-0.2, -0.15) is 0 Å². The zero-order valence-electron chi connectivity index (χ0n) is 22.4. The molecule has 0 bridgehead atoms. The first kappa shape index (κ1) is 27.5. The molecule has 1 aliphatic rings. The molecule has 1 aliphatic carbocycles. The van der Waals surface area contributed by atoms with Crippen molar-refractivity contribution in [1.29, 1.82) is 0 Å².